The van der Waals surface area contributed by atoms with Crippen LogP contribution in [0.25, 0.3) is 0 Å². The first-order valence-corrected chi connectivity index (χ1v) is 9.89. The maximum atomic E-state index is 12.2. The second kappa shape index (κ2) is 11.5. The summed E-state index contributed by atoms with van der Waals surface area (Å²) in [4.78, 5) is 44.3. The average Bonchev–Trinajstić information content (AvgIpc) is 2.73. The van der Waals surface area contributed by atoms with Crippen LogP contribution in [-0.2, 0) is 19.6 Å². The van der Waals surface area contributed by atoms with Gasteiger partial charge in [-0.15, -0.1) is 9.78 Å². The zero-order valence-electron chi connectivity index (χ0n) is 17.9. The minimum Gasteiger partial charge on any atom is -0.289 e. The highest BCUT2D eigenvalue weighted by atomic mass is 17.3. The number of hydrogen-bond donors (Lipinski definition) is 0. The standard InChI is InChI=1S/C24H28O6/c1-6-7-8-9-22(27-29-23(25)20-12-10-16(2)18(4)14-20)28-30-24(26)21-13-11-17(3)19(5)15-21/h10-15H,1,6-9H2,2-5H3. The van der Waals surface area contributed by atoms with Crippen LogP contribution in [0.2, 0.25) is 0 Å². The lowest BCUT2D eigenvalue weighted by atomic mass is 10.1. The highest BCUT2D eigenvalue weighted by Crippen LogP contribution is 2.19. The number of unbranched alkanes of at least 4 members (excludes halogenated alkanes) is 2. The van der Waals surface area contributed by atoms with Gasteiger partial charge >= 0.3 is 18.2 Å². The molecule has 0 unspecified atom stereocenters. The van der Waals surface area contributed by atoms with E-state index in [0.717, 1.165) is 35.1 Å². The predicted octanol–water partition coefficient (Wildman–Crippen LogP) is 5.68. The Morgan fingerprint density at radius 3 is 1.57 bits per heavy atom. The Kier molecular flexibility index (Phi) is 9.02. The van der Waals surface area contributed by atoms with Gasteiger partial charge in [0.05, 0.1) is 11.1 Å². The van der Waals surface area contributed by atoms with Gasteiger partial charge in [-0.2, -0.15) is 0 Å². The molecule has 0 aliphatic rings. The fraction of sp³-hybridized carbons (Fsp3) is 0.333. The van der Waals surface area contributed by atoms with Gasteiger partial charge in [-0.05, 0) is 80.6 Å². The Morgan fingerprint density at radius 2 is 1.17 bits per heavy atom. The molecule has 0 heterocycles. The van der Waals surface area contributed by atoms with E-state index < -0.39 is 11.9 Å². The highest BCUT2D eigenvalue weighted by molar-refractivity contribution is 5.89. The molecule has 0 N–H and O–H groups in total. The summed E-state index contributed by atoms with van der Waals surface area (Å²) in [5.41, 5.74) is 4.75. The van der Waals surface area contributed by atoms with Crippen molar-refractivity contribution >= 4 is 11.9 Å². The van der Waals surface area contributed by atoms with Gasteiger partial charge in [-0.3, -0.25) is 9.78 Å². The van der Waals surface area contributed by atoms with Gasteiger partial charge in [0.15, 0.2) is 0 Å². The lowest BCUT2D eigenvalue weighted by molar-refractivity contribution is -0.363. The molecule has 0 aromatic heterocycles. The summed E-state index contributed by atoms with van der Waals surface area (Å²) in [6, 6.07) is 10.4. The fourth-order valence-electron chi connectivity index (χ4n) is 2.54. The van der Waals surface area contributed by atoms with Crippen LogP contribution in [0.4, 0.5) is 0 Å². The van der Waals surface area contributed by atoms with E-state index in [2.05, 4.69) is 6.92 Å². The SMILES string of the molecule is [CH2]CCCC[C](OOC(=O)c1ccc(C)c(C)c1)OOC(=O)c1ccc(C)c(C)c1. The molecule has 2 aromatic rings. The summed E-state index contributed by atoms with van der Waals surface area (Å²) in [7, 11) is 0. The molecule has 0 fully saturated rings. The van der Waals surface area contributed by atoms with E-state index in [-0.39, 0.29) is 12.7 Å². The molecule has 6 heteroatoms. The van der Waals surface area contributed by atoms with Crippen LogP contribution in [0.15, 0.2) is 36.4 Å². The van der Waals surface area contributed by atoms with Gasteiger partial charge in [0, 0.05) is 6.42 Å². The highest BCUT2D eigenvalue weighted by Gasteiger charge is 2.21. The van der Waals surface area contributed by atoms with Gasteiger partial charge in [0.2, 0.25) is 0 Å². The summed E-state index contributed by atoms with van der Waals surface area (Å²) in [6.07, 6.45) is 2.39. The van der Waals surface area contributed by atoms with Crippen molar-refractivity contribution in [1.82, 2.24) is 0 Å². The van der Waals surface area contributed by atoms with E-state index in [4.69, 9.17) is 19.6 Å². The fourth-order valence-corrected chi connectivity index (χ4v) is 2.54. The third-order valence-electron chi connectivity index (χ3n) is 4.79. The molecule has 0 amide bonds. The summed E-state index contributed by atoms with van der Waals surface area (Å²) >= 11 is 0. The largest absolute Gasteiger partial charge is 0.373 e. The molecule has 2 aromatic carbocycles. The number of carbonyl (C=O) groups excluding carboxylic acids is 2. The molecule has 30 heavy (non-hydrogen) atoms. The predicted molar refractivity (Wildman–Crippen MR) is 112 cm³/mol. The number of aryl methyl sites for hydroxylation is 4. The van der Waals surface area contributed by atoms with Crippen LogP contribution in [0.1, 0.15) is 68.7 Å². The molecule has 2 rings (SSSR count). The Bertz CT molecular complexity index is 806. The van der Waals surface area contributed by atoms with Gasteiger partial charge in [-0.25, -0.2) is 9.59 Å². The summed E-state index contributed by atoms with van der Waals surface area (Å²) in [6.45, 7) is 11.5. The number of benzene rings is 2. The average molecular weight is 412 g/mol. The van der Waals surface area contributed by atoms with Crippen LogP contribution in [0, 0.1) is 40.9 Å². The Morgan fingerprint density at radius 1 is 0.700 bits per heavy atom. The van der Waals surface area contributed by atoms with E-state index in [1.807, 2.05) is 39.8 Å². The first-order chi connectivity index (χ1) is 14.3. The van der Waals surface area contributed by atoms with Crippen molar-refractivity contribution in [3.8, 4) is 0 Å². The lowest BCUT2D eigenvalue weighted by Gasteiger charge is -2.14. The maximum Gasteiger partial charge on any atom is 0.373 e. The summed E-state index contributed by atoms with van der Waals surface area (Å²) < 4.78 is 0. The van der Waals surface area contributed by atoms with E-state index in [9.17, 15) is 9.59 Å². The molecule has 0 spiro atoms. The van der Waals surface area contributed by atoms with E-state index in [1.54, 1.807) is 24.3 Å². The van der Waals surface area contributed by atoms with Crippen LogP contribution < -0.4 is 0 Å². The molecule has 0 saturated carbocycles. The second-order valence-corrected chi connectivity index (χ2v) is 7.19. The first-order valence-electron chi connectivity index (χ1n) is 9.89. The second-order valence-electron chi connectivity index (χ2n) is 7.19. The molecule has 160 valence electrons. The first kappa shape index (κ1) is 23.6. The Hall–Kier alpha value is -2.70. The lowest BCUT2D eigenvalue weighted by Crippen LogP contribution is -2.16. The number of hydrogen-bond acceptors (Lipinski definition) is 6. The van der Waals surface area contributed by atoms with Crippen molar-refractivity contribution in [2.75, 3.05) is 0 Å². The maximum absolute atomic E-state index is 12.2. The Balaban J connectivity index is 1.95. The molecule has 0 aliphatic heterocycles. The van der Waals surface area contributed by atoms with Crippen molar-refractivity contribution in [1.29, 1.82) is 0 Å². The Labute approximate surface area is 178 Å². The molecular weight excluding hydrogens is 384 g/mol. The summed E-state index contributed by atoms with van der Waals surface area (Å²) in [5, 5.41) is 0. The molecule has 2 radical (unpaired) electrons. The molecule has 0 bridgehead atoms. The van der Waals surface area contributed by atoms with Crippen LogP contribution in [-0.4, -0.2) is 11.9 Å². The van der Waals surface area contributed by atoms with Crippen molar-refractivity contribution in [2.45, 2.75) is 53.4 Å². The van der Waals surface area contributed by atoms with Crippen molar-refractivity contribution in [2.24, 2.45) is 0 Å². The quantitative estimate of drug-likeness (QED) is 0.284. The zero-order valence-corrected chi connectivity index (χ0v) is 17.9. The van der Waals surface area contributed by atoms with Gasteiger partial charge < -0.3 is 0 Å². The minimum atomic E-state index is -0.670. The minimum absolute atomic E-state index is 0.113. The van der Waals surface area contributed by atoms with Crippen molar-refractivity contribution in [3.05, 3.63) is 83.0 Å². The van der Waals surface area contributed by atoms with E-state index in [1.165, 1.54) is 0 Å². The van der Waals surface area contributed by atoms with Crippen LogP contribution >= 0.6 is 0 Å². The molecule has 0 saturated heterocycles. The molecule has 0 atom stereocenters. The summed E-state index contributed by atoms with van der Waals surface area (Å²) in [5.74, 6) is -1.34. The third kappa shape index (κ3) is 6.97. The van der Waals surface area contributed by atoms with Gasteiger partial charge in [0.25, 0.3) is 0 Å². The normalized spacial score (nSPS) is 10.9. The van der Waals surface area contributed by atoms with Crippen LogP contribution in [0.3, 0.4) is 0 Å². The number of carbonyl (C=O) groups is 2. The number of rotatable bonds is 10. The van der Waals surface area contributed by atoms with Crippen LogP contribution in [0.5, 0.6) is 0 Å². The van der Waals surface area contributed by atoms with E-state index in [0.29, 0.717) is 17.5 Å². The topological polar surface area (TPSA) is 71.1 Å². The smallest absolute Gasteiger partial charge is 0.289 e. The monoisotopic (exact) mass is 412 g/mol. The molecule has 6 nitrogen and oxygen atoms in total. The molecule has 0 aliphatic carbocycles. The van der Waals surface area contributed by atoms with Gasteiger partial charge in [-0.1, -0.05) is 31.9 Å². The van der Waals surface area contributed by atoms with Crippen molar-refractivity contribution < 1.29 is 29.1 Å². The van der Waals surface area contributed by atoms with E-state index >= 15 is 0 Å². The zero-order chi connectivity index (χ0) is 22.1. The van der Waals surface area contributed by atoms with Gasteiger partial charge in [0.1, 0.15) is 0 Å². The molecular formula is C24H28O6. The third-order valence-corrected chi connectivity index (χ3v) is 4.79. The van der Waals surface area contributed by atoms with Crippen molar-refractivity contribution in [3.63, 3.8) is 0 Å².